The number of rotatable bonds is 7. The number of hydrogen-bond acceptors (Lipinski definition) is 8. The average molecular weight is 553 g/mol. The van der Waals surface area contributed by atoms with E-state index in [0.29, 0.717) is 61.3 Å². The first-order chi connectivity index (χ1) is 18.4. The first-order valence-corrected chi connectivity index (χ1v) is 14.4. The topological polar surface area (TPSA) is 106 Å². The highest BCUT2D eigenvalue weighted by atomic mass is 32.2. The summed E-state index contributed by atoms with van der Waals surface area (Å²) in [7, 11) is 0.717. The molecule has 0 radical (unpaired) electrons. The van der Waals surface area contributed by atoms with Crippen LogP contribution in [-0.4, -0.2) is 82.0 Å². The molecule has 2 fully saturated rings. The van der Waals surface area contributed by atoms with Crippen LogP contribution in [0.2, 0.25) is 0 Å². The fraction of sp³-hybridized carbons (Fsp3) is 0.560. The lowest BCUT2D eigenvalue weighted by Gasteiger charge is -2.36. The Morgan fingerprint density at radius 2 is 1.68 bits per heavy atom. The fourth-order valence-corrected chi connectivity index (χ4v) is 5.95. The molecule has 0 atom stereocenters. The fourth-order valence-electron chi connectivity index (χ4n) is 4.68. The lowest BCUT2D eigenvalue weighted by Crippen LogP contribution is -2.48. The van der Waals surface area contributed by atoms with Gasteiger partial charge >= 0.3 is 0 Å². The van der Waals surface area contributed by atoms with E-state index in [4.69, 9.17) is 14.5 Å². The zero-order valence-corrected chi connectivity index (χ0v) is 22.7. The molecule has 1 aromatic carbocycles. The van der Waals surface area contributed by atoms with Crippen molar-refractivity contribution in [2.75, 3.05) is 67.8 Å². The van der Waals surface area contributed by atoms with Crippen LogP contribution in [0.25, 0.3) is 11.0 Å². The van der Waals surface area contributed by atoms with Gasteiger partial charge in [-0.3, -0.25) is 14.0 Å². The van der Waals surface area contributed by atoms with Gasteiger partial charge < -0.3 is 19.3 Å². The molecule has 0 aliphatic carbocycles. The standard InChI is InChI=1S/C23H28F2N6O4S.C2H6/c1-34-8-9-35-16-12-18(24)20(19(25)13-16)29-4-6-30(7-5-29)23-27-21-17(22(32)28-23)14-26-31(21)15-2-10-36(33)11-3-15;1-2/h12-15H,2-11H2,1H3,(H,27,28,32);1-2H3. The second kappa shape index (κ2) is 12.7. The van der Waals surface area contributed by atoms with Crippen LogP contribution in [0.15, 0.2) is 23.1 Å². The summed E-state index contributed by atoms with van der Waals surface area (Å²) in [5.74, 6) is 0.341. The number of benzene rings is 1. The molecule has 0 saturated carbocycles. The SMILES string of the molecule is CC.COCCOc1cc(F)c(N2CCN(c3nc4c(cnn4C4CCS(=O)CC4)c(=O)[nH]3)CC2)c(F)c1. The molecule has 0 amide bonds. The highest BCUT2D eigenvalue weighted by molar-refractivity contribution is 7.85. The first-order valence-electron chi connectivity index (χ1n) is 12.9. The third kappa shape index (κ3) is 5.98. The highest BCUT2D eigenvalue weighted by Gasteiger charge is 2.27. The molecule has 2 aliphatic heterocycles. The van der Waals surface area contributed by atoms with E-state index in [1.165, 1.54) is 25.4 Å². The molecule has 0 spiro atoms. The number of aromatic nitrogens is 4. The molecule has 4 heterocycles. The average Bonchev–Trinajstić information content (AvgIpc) is 3.35. The van der Waals surface area contributed by atoms with Crippen LogP contribution in [0.1, 0.15) is 32.7 Å². The van der Waals surface area contributed by atoms with Crippen LogP contribution < -0.4 is 20.1 Å². The van der Waals surface area contributed by atoms with Gasteiger partial charge in [-0.15, -0.1) is 0 Å². The summed E-state index contributed by atoms with van der Waals surface area (Å²) >= 11 is 0. The molecule has 38 heavy (non-hydrogen) atoms. The van der Waals surface area contributed by atoms with Gasteiger partial charge in [-0.05, 0) is 12.8 Å². The molecule has 0 unspecified atom stereocenters. The third-order valence-electron chi connectivity index (χ3n) is 6.60. The van der Waals surface area contributed by atoms with E-state index in [1.807, 2.05) is 18.7 Å². The second-order valence-corrected chi connectivity index (χ2v) is 10.5. The molecule has 5 rings (SSSR count). The van der Waals surface area contributed by atoms with Crippen LogP contribution in [0.4, 0.5) is 20.4 Å². The van der Waals surface area contributed by atoms with Gasteiger partial charge in [0.15, 0.2) is 17.3 Å². The number of nitrogens with zero attached hydrogens (tertiary/aromatic N) is 5. The van der Waals surface area contributed by atoms with Gasteiger partial charge in [-0.1, -0.05) is 13.8 Å². The van der Waals surface area contributed by atoms with Gasteiger partial charge in [-0.25, -0.2) is 13.5 Å². The van der Waals surface area contributed by atoms with Crippen LogP contribution in [0, 0.1) is 11.6 Å². The maximum atomic E-state index is 14.8. The smallest absolute Gasteiger partial charge is 0.263 e. The minimum Gasteiger partial charge on any atom is -0.491 e. The Morgan fingerprint density at radius 1 is 1.05 bits per heavy atom. The summed E-state index contributed by atoms with van der Waals surface area (Å²) in [5.41, 5.74) is 0.109. The summed E-state index contributed by atoms with van der Waals surface area (Å²) in [5, 5.41) is 4.80. The molecule has 2 saturated heterocycles. The van der Waals surface area contributed by atoms with E-state index in [0.717, 1.165) is 12.8 Å². The molecule has 13 heteroatoms. The largest absolute Gasteiger partial charge is 0.491 e. The monoisotopic (exact) mass is 552 g/mol. The molecule has 2 aliphatic rings. The molecule has 3 aromatic rings. The van der Waals surface area contributed by atoms with Crippen molar-refractivity contribution in [2.24, 2.45) is 0 Å². The van der Waals surface area contributed by atoms with Crippen molar-refractivity contribution in [1.82, 2.24) is 19.7 Å². The van der Waals surface area contributed by atoms with Crippen LogP contribution in [0.3, 0.4) is 0 Å². The van der Waals surface area contributed by atoms with Gasteiger partial charge in [0.05, 0.1) is 18.8 Å². The number of aromatic amines is 1. The van der Waals surface area contributed by atoms with Crippen LogP contribution in [0.5, 0.6) is 5.75 Å². The Labute approximate surface area is 222 Å². The number of H-pyrrole nitrogens is 1. The zero-order valence-electron chi connectivity index (χ0n) is 21.9. The van der Waals surface area contributed by atoms with Crippen molar-refractivity contribution >= 4 is 33.5 Å². The van der Waals surface area contributed by atoms with Crippen molar-refractivity contribution in [1.29, 1.82) is 0 Å². The van der Waals surface area contributed by atoms with Crippen molar-refractivity contribution in [2.45, 2.75) is 32.7 Å². The third-order valence-corrected chi connectivity index (χ3v) is 7.98. The maximum Gasteiger partial charge on any atom is 0.263 e. The Kier molecular flexibility index (Phi) is 9.31. The van der Waals surface area contributed by atoms with Gasteiger partial charge in [0.25, 0.3) is 5.56 Å². The van der Waals surface area contributed by atoms with E-state index >= 15 is 0 Å². The van der Waals surface area contributed by atoms with Gasteiger partial charge in [-0.2, -0.15) is 10.1 Å². The molecular weight excluding hydrogens is 518 g/mol. The summed E-state index contributed by atoms with van der Waals surface area (Å²) in [6, 6.07) is 2.40. The molecule has 10 nitrogen and oxygen atoms in total. The summed E-state index contributed by atoms with van der Waals surface area (Å²) in [6.45, 7) is 6.02. The Morgan fingerprint density at radius 3 is 2.32 bits per heavy atom. The molecule has 208 valence electrons. The van der Waals surface area contributed by atoms with Crippen LogP contribution in [-0.2, 0) is 15.5 Å². The van der Waals surface area contributed by atoms with E-state index in [2.05, 4.69) is 10.1 Å². The summed E-state index contributed by atoms with van der Waals surface area (Å²) in [6.07, 6.45) is 2.96. The summed E-state index contributed by atoms with van der Waals surface area (Å²) in [4.78, 5) is 23.8. The quantitative estimate of drug-likeness (QED) is 0.446. The van der Waals surface area contributed by atoms with Crippen molar-refractivity contribution in [3.63, 3.8) is 0 Å². The van der Waals surface area contributed by atoms with E-state index < -0.39 is 22.4 Å². The van der Waals surface area contributed by atoms with E-state index in [9.17, 15) is 17.8 Å². The Hall–Kier alpha value is -3.06. The lowest BCUT2D eigenvalue weighted by atomic mass is 10.1. The van der Waals surface area contributed by atoms with Gasteiger partial charge in [0.1, 0.15) is 23.4 Å². The predicted octanol–water partition coefficient (Wildman–Crippen LogP) is 2.86. The minimum absolute atomic E-state index is 0.0478. The minimum atomic E-state index is -0.803. The van der Waals surface area contributed by atoms with Gasteiger partial charge in [0, 0.05) is 67.7 Å². The number of ether oxygens (including phenoxy) is 2. The number of methoxy groups -OCH3 is 1. The van der Waals surface area contributed by atoms with Gasteiger partial charge in [0.2, 0.25) is 5.95 Å². The van der Waals surface area contributed by atoms with Crippen molar-refractivity contribution < 1.29 is 22.5 Å². The molecule has 2 aromatic heterocycles. The first kappa shape index (κ1) is 28.0. The Balaban J connectivity index is 0.00000164. The lowest BCUT2D eigenvalue weighted by molar-refractivity contribution is 0.146. The van der Waals surface area contributed by atoms with Crippen molar-refractivity contribution in [3.8, 4) is 5.75 Å². The predicted molar refractivity (Wildman–Crippen MR) is 144 cm³/mol. The normalized spacial score (nSPS) is 19.8. The summed E-state index contributed by atoms with van der Waals surface area (Å²) < 4.78 is 53.3. The van der Waals surface area contributed by atoms with E-state index in [-0.39, 0.29) is 29.6 Å². The molecular formula is C25H34F2N6O4S. The number of hydrogen-bond donors (Lipinski definition) is 1. The highest BCUT2D eigenvalue weighted by Crippen LogP contribution is 2.30. The van der Waals surface area contributed by atoms with Crippen LogP contribution >= 0.6 is 0 Å². The molecule has 0 bridgehead atoms. The maximum absolute atomic E-state index is 14.8. The second-order valence-electron chi connectivity index (χ2n) is 8.85. The Bertz CT molecular complexity index is 1290. The number of anilines is 2. The number of halogens is 2. The number of nitrogens with one attached hydrogen (secondary N) is 1. The van der Waals surface area contributed by atoms with Crippen molar-refractivity contribution in [3.05, 3.63) is 40.3 Å². The zero-order chi connectivity index (χ0) is 27.2. The number of piperazine rings is 1. The molecule has 1 N–H and O–H groups in total. The number of fused-ring (bicyclic) bond motifs is 1. The van der Waals surface area contributed by atoms with E-state index in [1.54, 1.807) is 9.58 Å².